The van der Waals surface area contributed by atoms with Crippen molar-refractivity contribution in [3.05, 3.63) is 7.05 Å². The van der Waals surface area contributed by atoms with E-state index in [0.717, 1.165) is 12.1 Å². The summed E-state index contributed by atoms with van der Waals surface area (Å²) in [7, 11) is 4.00. The molecule has 2 rings (SSSR count). The molecule has 0 saturated carbocycles. The summed E-state index contributed by atoms with van der Waals surface area (Å²) in [5.74, 6) is 0. The Kier molecular flexibility index (Phi) is 0.884. The second kappa shape index (κ2) is 1.47. The predicted molar refractivity (Wildman–Crippen MR) is 33.2 cm³/mol. The molecule has 0 aromatic rings. The van der Waals surface area contributed by atoms with E-state index >= 15 is 0 Å². The van der Waals surface area contributed by atoms with Gasteiger partial charge < -0.3 is 0 Å². The Balaban J connectivity index is 2.16. The molecule has 1 radical (unpaired) electrons. The van der Waals surface area contributed by atoms with Gasteiger partial charge in [-0.2, -0.15) is 0 Å². The summed E-state index contributed by atoms with van der Waals surface area (Å²) in [4.78, 5) is 2.31. The van der Waals surface area contributed by atoms with Crippen molar-refractivity contribution in [1.29, 1.82) is 0 Å². The number of fused-ring (bicyclic) bond motifs is 2. The largest absolute Gasteiger partial charge is 0.296 e. The lowest BCUT2D eigenvalue weighted by Crippen LogP contribution is -2.19. The van der Waals surface area contributed by atoms with Gasteiger partial charge in [-0.3, -0.25) is 4.90 Å². The predicted octanol–water partition coefficient (Wildman–Crippen LogP) is 1.40. The van der Waals surface area contributed by atoms with Crippen molar-refractivity contribution in [2.45, 2.75) is 37.8 Å². The summed E-state index contributed by atoms with van der Waals surface area (Å²) in [5.41, 5.74) is 0. The van der Waals surface area contributed by atoms with Gasteiger partial charge in [0.05, 0.1) is 0 Å². The SMILES string of the molecule is [CH2]N1C2CCC1CC2. The number of nitrogens with zero attached hydrogens (tertiary/aromatic N) is 1. The van der Waals surface area contributed by atoms with Crippen molar-refractivity contribution < 1.29 is 0 Å². The van der Waals surface area contributed by atoms with E-state index in [1.165, 1.54) is 25.7 Å². The molecule has 0 atom stereocenters. The first-order valence-corrected chi connectivity index (χ1v) is 3.47. The molecule has 2 bridgehead atoms. The minimum Gasteiger partial charge on any atom is -0.296 e. The fourth-order valence-electron chi connectivity index (χ4n) is 2.02. The highest BCUT2D eigenvalue weighted by molar-refractivity contribution is 4.94. The van der Waals surface area contributed by atoms with Gasteiger partial charge >= 0.3 is 0 Å². The maximum Gasteiger partial charge on any atom is 0.0115 e. The van der Waals surface area contributed by atoms with E-state index in [-0.39, 0.29) is 0 Å². The van der Waals surface area contributed by atoms with E-state index in [0.29, 0.717) is 0 Å². The molecule has 2 saturated heterocycles. The first kappa shape index (κ1) is 4.80. The molecule has 2 aliphatic heterocycles. The Morgan fingerprint density at radius 3 is 1.50 bits per heavy atom. The molecule has 45 valence electrons. The summed E-state index contributed by atoms with van der Waals surface area (Å²) in [6.07, 6.45) is 5.64. The zero-order valence-electron chi connectivity index (χ0n) is 5.14. The Hall–Kier alpha value is -0.0400. The third-order valence-electron chi connectivity index (χ3n) is 2.60. The van der Waals surface area contributed by atoms with E-state index < -0.39 is 0 Å². The molecular formula is C7H12N. The Morgan fingerprint density at radius 2 is 1.38 bits per heavy atom. The highest BCUT2D eigenvalue weighted by Gasteiger charge is 2.36. The number of hydrogen-bond acceptors (Lipinski definition) is 1. The van der Waals surface area contributed by atoms with Crippen LogP contribution in [0.1, 0.15) is 25.7 Å². The number of rotatable bonds is 0. The van der Waals surface area contributed by atoms with Gasteiger partial charge in [0.15, 0.2) is 0 Å². The molecule has 2 aliphatic rings. The first-order valence-electron chi connectivity index (χ1n) is 3.47. The molecule has 0 spiro atoms. The van der Waals surface area contributed by atoms with Gasteiger partial charge in [0.2, 0.25) is 0 Å². The van der Waals surface area contributed by atoms with Crippen LogP contribution in [0.5, 0.6) is 0 Å². The van der Waals surface area contributed by atoms with Crippen molar-refractivity contribution in [3.8, 4) is 0 Å². The van der Waals surface area contributed by atoms with E-state index in [1.807, 2.05) is 0 Å². The lowest BCUT2D eigenvalue weighted by atomic mass is 10.0. The molecule has 1 nitrogen and oxygen atoms in total. The van der Waals surface area contributed by atoms with Crippen LogP contribution in [0.2, 0.25) is 0 Å². The third-order valence-corrected chi connectivity index (χ3v) is 2.60. The molecule has 8 heavy (non-hydrogen) atoms. The molecule has 0 aliphatic carbocycles. The summed E-state index contributed by atoms with van der Waals surface area (Å²) < 4.78 is 0. The third kappa shape index (κ3) is 0.455. The van der Waals surface area contributed by atoms with Crippen molar-refractivity contribution in [2.24, 2.45) is 0 Å². The zero-order valence-corrected chi connectivity index (χ0v) is 5.14. The van der Waals surface area contributed by atoms with Crippen LogP contribution in [0.3, 0.4) is 0 Å². The molecule has 2 fully saturated rings. The standard InChI is InChI=1S/C7H12N/c1-8-6-2-3-7(8)5-4-6/h6-7H,1-5H2. The lowest BCUT2D eigenvalue weighted by Gasteiger charge is -2.12. The van der Waals surface area contributed by atoms with Crippen LogP contribution in [-0.4, -0.2) is 17.0 Å². The van der Waals surface area contributed by atoms with Crippen molar-refractivity contribution in [2.75, 3.05) is 0 Å². The average Bonchev–Trinajstić information content (AvgIpc) is 2.29. The van der Waals surface area contributed by atoms with Gasteiger partial charge in [-0.25, -0.2) is 0 Å². The topological polar surface area (TPSA) is 3.24 Å². The Morgan fingerprint density at radius 1 is 1.00 bits per heavy atom. The molecule has 0 unspecified atom stereocenters. The van der Waals surface area contributed by atoms with Crippen molar-refractivity contribution in [1.82, 2.24) is 4.90 Å². The second-order valence-corrected chi connectivity index (χ2v) is 2.98. The average molecular weight is 110 g/mol. The smallest absolute Gasteiger partial charge is 0.0115 e. The number of hydrogen-bond donors (Lipinski definition) is 0. The van der Waals surface area contributed by atoms with E-state index in [9.17, 15) is 0 Å². The van der Waals surface area contributed by atoms with E-state index in [1.54, 1.807) is 0 Å². The molecule has 0 aromatic carbocycles. The molecule has 0 amide bonds. The maximum absolute atomic E-state index is 4.00. The summed E-state index contributed by atoms with van der Waals surface area (Å²) in [6, 6.07) is 1.72. The Bertz CT molecular complexity index is 80.6. The van der Waals surface area contributed by atoms with Crippen LogP contribution >= 0.6 is 0 Å². The van der Waals surface area contributed by atoms with Crippen molar-refractivity contribution in [3.63, 3.8) is 0 Å². The monoisotopic (exact) mass is 110 g/mol. The maximum atomic E-state index is 4.00. The highest BCUT2D eigenvalue weighted by atomic mass is 15.2. The van der Waals surface area contributed by atoms with Crippen LogP contribution in [0.4, 0.5) is 0 Å². The van der Waals surface area contributed by atoms with Gasteiger partial charge in [0, 0.05) is 19.1 Å². The fraction of sp³-hybridized carbons (Fsp3) is 0.857. The molecule has 2 heterocycles. The minimum absolute atomic E-state index is 0.861. The second-order valence-electron chi connectivity index (χ2n) is 2.98. The van der Waals surface area contributed by atoms with Crippen LogP contribution < -0.4 is 0 Å². The molecular weight excluding hydrogens is 98.1 g/mol. The van der Waals surface area contributed by atoms with Crippen LogP contribution in [0, 0.1) is 7.05 Å². The summed E-state index contributed by atoms with van der Waals surface area (Å²) in [6.45, 7) is 0. The first-order chi connectivity index (χ1) is 3.88. The zero-order chi connectivity index (χ0) is 5.56. The fourth-order valence-corrected chi connectivity index (χ4v) is 2.02. The van der Waals surface area contributed by atoms with Gasteiger partial charge in [-0.05, 0) is 25.7 Å². The summed E-state index contributed by atoms with van der Waals surface area (Å²) in [5, 5.41) is 0. The molecule has 1 heteroatoms. The minimum atomic E-state index is 0.861. The van der Waals surface area contributed by atoms with Gasteiger partial charge in [0.1, 0.15) is 0 Å². The molecule has 0 aromatic heterocycles. The van der Waals surface area contributed by atoms with Gasteiger partial charge in [-0.1, -0.05) is 0 Å². The summed E-state index contributed by atoms with van der Waals surface area (Å²) >= 11 is 0. The molecule has 0 N–H and O–H groups in total. The van der Waals surface area contributed by atoms with Crippen LogP contribution in [0.25, 0.3) is 0 Å². The Labute approximate surface area is 50.7 Å². The van der Waals surface area contributed by atoms with E-state index in [4.69, 9.17) is 0 Å². The normalized spacial score (nSPS) is 46.1. The van der Waals surface area contributed by atoms with Crippen LogP contribution in [-0.2, 0) is 0 Å². The van der Waals surface area contributed by atoms with Gasteiger partial charge in [-0.15, -0.1) is 0 Å². The highest BCUT2D eigenvalue weighted by Crippen LogP contribution is 2.35. The van der Waals surface area contributed by atoms with Crippen LogP contribution in [0.15, 0.2) is 0 Å². The lowest BCUT2D eigenvalue weighted by molar-refractivity contribution is 0.350. The van der Waals surface area contributed by atoms with Gasteiger partial charge in [0.25, 0.3) is 0 Å². The quantitative estimate of drug-likeness (QED) is 0.455. The van der Waals surface area contributed by atoms with Crippen molar-refractivity contribution >= 4 is 0 Å². The van der Waals surface area contributed by atoms with E-state index in [2.05, 4.69) is 11.9 Å².